The largest absolute Gasteiger partial charge is 0.457 e. The first kappa shape index (κ1) is 12.6. The molecule has 2 aromatic heterocycles. The van der Waals surface area contributed by atoms with E-state index >= 15 is 0 Å². The Morgan fingerprint density at radius 1 is 1.15 bits per heavy atom. The number of benzene rings is 1. The number of hydrogen-bond donors (Lipinski definition) is 1. The maximum atomic E-state index is 5.87. The number of hydrogen-bond acceptors (Lipinski definition) is 4. The molecular formula is C15H16N4O. The van der Waals surface area contributed by atoms with E-state index in [2.05, 4.69) is 15.3 Å². The summed E-state index contributed by atoms with van der Waals surface area (Å²) in [5.74, 6) is 1.55. The van der Waals surface area contributed by atoms with Crippen LogP contribution in [0, 0.1) is 0 Å². The highest BCUT2D eigenvalue weighted by Gasteiger charge is 2.04. The van der Waals surface area contributed by atoms with Gasteiger partial charge in [-0.2, -0.15) is 0 Å². The van der Waals surface area contributed by atoms with E-state index in [9.17, 15) is 0 Å². The van der Waals surface area contributed by atoms with Gasteiger partial charge in [-0.05, 0) is 25.2 Å². The van der Waals surface area contributed by atoms with Crippen LogP contribution in [-0.2, 0) is 13.6 Å². The lowest BCUT2D eigenvalue weighted by Crippen LogP contribution is -2.06. The molecule has 0 unspecified atom stereocenters. The monoisotopic (exact) mass is 268 g/mol. The van der Waals surface area contributed by atoms with Crippen molar-refractivity contribution in [2.75, 3.05) is 7.05 Å². The summed E-state index contributed by atoms with van der Waals surface area (Å²) in [6.45, 7) is 0.719. The van der Waals surface area contributed by atoms with E-state index < -0.39 is 0 Å². The summed E-state index contributed by atoms with van der Waals surface area (Å²) in [5.41, 5.74) is 2.96. The molecular weight excluding hydrogens is 252 g/mol. The van der Waals surface area contributed by atoms with Crippen molar-refractivity contribution in [3.05, 3.63) is 48.5 Å². The molecule has 0 fully saturated rings. The van der Waals surface area contributed by atoms with Gasteiger partial charge in [0.1, 0.15) is 11.5 Å². The first-order valence-corrected chi connectivity index (χ1v) is 6.45. The minimum absolute atomic E-state index is 0.719. The van der Waals surface area contributed by atoms with Gasteiger partial charge >= 0.3 is 0 Å². The third-order valence-corrected chi connectivity index (χ3v) is 3.08. The van der Waals surface area contributed by atoms with Crippen LogP contribution in [-0.4, -0.2) is 21.6 Å². The van der Waals surface area contributed by atoms with Crippen LogP contribution in [0.2, 0.25) is 0 Å². The molecule has 5 heteroatoms. The number of nitrogens with one attached hydrogen (secondary N) is 1. The Hall–Kier alpha value is -2.40. The fourth-order valence-electron chi connectivity index (χ4n) is 2.11. The summed E-state index contributed by atoms with van der Waals surface area (Å²) in [6, 6.07) is 9.67. The lowest BCUT2D eigenvalue weighted by atomic mass is 10.3. The summed E-state index contributed by atoms with van der Waals surface area (Å²) < 4.78 is 7.85. The van der Waals surface area contributed by atoms with E-state index in [4.69, 9.17) is 4.74 Å². The van der Waals surface area contributed by atoms with E-state index in [1.807, 2.05) is 49.0 Å². The summed E-state index contributed by atoms with van der Waals surface area (Å²) in [5, 5.41) is 3.07. The van der Waals surface area contributed by atoms with Crippen molar-refractivity contribution in [2.24, 2.45) is 7.05 Å². The number of aromatic nitrogens is 3. The first-order valence-electron chi connectivity index (χ1n) is 6.45. The number of aryl methyl sites for hydroxylation is 1. The molecule has 2 heterocycles. The Morgan fingerprint density at radius 2 is 2.00 bits per heavy atom. The van der Waals surface area contributed by atoms with Crippen molar-refractivity contribution < 1.29 is 4.74 Å². The van der Waals surface area contributed by atoms with E-state index in [-0.39, 0.29) is 0 Å². The summed E-state index contributed by atoms with van der Waals surface area (Å²) in [6.07, 6.45) is 3.55. The lowest BCUT2D eigenvalue weighted by Gasteiger charge is -2.07. The molecule has 0 atom stereocenters. The van der Waals surface area contributed by atoms with Crippen LogP contribution in [0.4, 0.5) is 0 Å². The van der Waals surface area contributed by atoms with Gasteiger partial charge in [0.15, 0.2) is 0 Å². The van der Waals surface area contributed by atoms with Crippen molar-refractivity contribution in [3.63, 3.8) is 0 Å². The molecule has 0 aliphatic rings. The zero-order valence-corrected chi connectivity index (χ0v) is 11.5. The normalized spacial score (nSPS) is 10.9. The average molecular weight is 268 g/mol. The lowest BCUT2D eigenvalue weighted by molar-refractivity contribution is 0.481. The molecule has 0 spiro atoms. The van der Waals surface area contributed by atoms with Crippen molar-refractivity contribution in [1.82, 2.24) is 19.9 Å². The van der Waals surface area contributed by atoms with E-state index in [1.165, 1.54) is 0 Å². The Morgan fingerprint density at radius 3 is 2.85 bits per heavy atom. The number of imidazole rings is 1. The molecule has 1 N–H and O–H groups in total. The second-order valence-corrected chi connectivity index (χ2v) is 4.62. The van der Waals surface area contributed by atoms with Crippen LogP contribution in [0.3, 0.4) is 0 Å². The van der Waals surface area contributed by atoms with Gasteiger partial charge in [-0.15, -0.1) is 0 Å². The Kier molecular flexibility index (Phi) is 3.35. The minimum atomic E-state index is 0.719. The fraction of sp³-hybridized carbons (Fsp3) is 0.200. The molecule has 0 saturated heterocycles. The highest BCUT2D eigenvalue weighted by atomic mass is 16.5. The van der Waals surface area contributed by atoms with Gasteiger partial charge in [0.25, 0.3) is 0 Å². The second-order valence-electron chi connectivity index (χ2n) is 4.62. The fourth-order valence-corrected chi connectivity index (χ4v) is 2.11. The number of fused-ring (bicyclic) bond motifs is 1. The van der Waals surface area contributed by atoms with Crippen LogP contribution in [0.1, 0.15) is 5.69 Å². The molecule has 5 nitrogen and oxygen atoms in total. The summed E-state index contributed by atoms with van der Waals surface area (Å²) >= 11 is 0. The topological polar surface area (TPSA) is 52.0 Å². The summed E-state index contributed by atoms with van der Waals surface area (Å²) in [7, 11) is 3.87. The van der Waals surface area contributed by atoms with Gasteiger partial charge in [0, 0.05) is 31.9 Å². The van der Waals surface area contributed by atoms with Crippen LogP contribution in [0.15, 0.2) is 42.9 Å². The molecule has 0 amide bonds. The second kappa shape index (κ2) is 5.30. The maximum Gasteiger partial charge on any atom is 0.130 e. The van der Waals surface area contributed by atoms with Gasteiger partial charge in [0.2, 0.25) is 0 Å². The molecule has 0 aliphatic heterocycles. The molecule has 0 aliphatic carbocycles. The van der Waals surface area contributed by atoms with Crippen LogP contribution in [0.5, 0.6) is 11.5 Å². The first-order chi connectivity index (χ1) is 9.76. The molecule has 0 saturated carbocycles. The van der Waals surface area contributed by atoms with E-state index in [0.29, 0.717) is 0 Å². The molecule has 0 bridgehead atoms. The van der Waals surface area contributed by atoms with E-state index in [1.54, 1.807) is 12.5 Å². The zero-order chi connectivity index (χ0) is 13.9. The number of ether oxygens (including phenoxy) is 1. The van der Waals surface area contributed by atoms with Gasteiger partial charge in [-0.3, -0.25) is 4.98 Å². The maximum absolute atomic E-state index is 5.87. The molecule has 3 aromatic rings. The SMILES string of the molecule is CNCc1cc(Oc2ccc3c(c2)ncn3C)ccn1. The quantitative estimate of drug-likeness (QED) is 0.789. The Labute approximate surface area is 117 Å². The Bertz CT molecular complexity index is 736. The van der Waals surface area contributed by atoms with Gasteiger partial charge in [0.05, 0.1) is 23.1 Å². The predicted molar refractivity (Wildman–Crippen MR) is 77.8 cm³/mol. The van der Waals surface area contributed by atoms with Crippen LogP contribution in [0.25, 0.3) is 11.0 Å². The number of rotatable bonds is 4. The number of nitrogens with zero attached hydrogens (tertiary/aromatic N) is 3. The molecule has 102 valence electrons. The van der Waals surface area contributed by atoms with Crippen molar-refractivity contribution >= 4 is 11.0 Å². The predicted octanol–water partition coefficient (Wildman–Crippen LogP) is 2.48. The number of pyridine rings is 1. The molecule has 1 aromatic carbocycles. The smallest absolute Gasteiger partial charge is 0.130 e. The third-order valence-electron chi connectivity index (χ3n) is 3.08. The standard InChI is InChI=1S/C15H16N4O/c1-16-9-11-7-13(5-6-17-11)20-12-3-4-15-14(8-12)18-10-19(15)2/h3-8,10,16H,9H2,1-2H3. The van der Waals surface area contributed by atoms with Crippen LogP contribution >= 0.6 is 0 Å². The highest BCUT2D eigenvalue weighted by Crippen LogP contribution is 2.25. The van der Waals surface area contributed by atoms with Gasteiger partial charge < -0.3 is 14.6 Å². The van der Waals surface area contributed by atoms with Crippen molar-refractivity contribution in [1.29, 1.82) is 0 Å². The zero-order valence-electron chi connectivity index (χ0n) is 11.5. The average Bonchev–Trinajstić information content (AvgIpc) is 2.81. The van der Waals surface area contributed by atoms with Gasteiger partial charge in [-0.25, -0.2) is 4.98 Å². The van der Waals surface area contributed by atoms with Crippen LogP contribution < -0.4 is 10.1 Å². The van der Waals surface area contributed by atoms with Crippen molar-refractivity contribution in [2.45, 2.75) is 6.54 Å². The highest BCUT2D eigenvalue weighted by molar-refractivity contribution is 5.77. The molecule has 20 heavy (non-hydrogen) atoms. The van der Waals surface area contributed by atoms with E-state index in [0.717, 1.165) is 34.8 Å². The van der Waals surface area contributed by atoms with Gasteiger partial charge in [-0.1, -0.05) is 0 Å². The third kappa shape index (κ3) is 2.48. The Balaban J connectivity index is 1.86. The molecule has 0 radical (unpaired) electrons. The minimum Gasteiger partial charge on any atom is -0.457 e. The molecule has 3 rings (SSSR count). The summed E-state index contributed by atoms with van der Waals surface area (Å²) in [4.78, 5) is 8.59. The van der Waals surface area contributed by atoms with Crippen molar-refractivity contribution in [3.8, 4) is 11.5 Å².